The Balaban J connectivity index is 2.98. The molecule has 0 radical (unpaired) electrons. The zero-order valence-corrected chi connectivity index (χ0v) is 11.4. The summed E-state index contributed by atoms with van der Waals surface area (Å²) < 4.78 is 0. The molecule has 3 heteroatoms. The van der Waals surface area contributed by atoms with Gasteiger partial charge in [-0.3, -0.25) is 0 Å². The van der Waals surface area contributed by atoms with Crippen LogP contribution < -0.4 is 5.32 Å². The fraction of sp³-hybridized carbons (Fsp3) is 0.857. The molecule has 0 saturated carbocycles. The first kappa shape index (κ1) is 16.3. The van der Waals surface area contributed by atoms with E-state index in [0.29, 0.717) is 11.6 Å². The molecule has 1 N–H and O–H groups in total. The molecule has 0 aliphatic heterocycles. The monoisotopic (exact) mass is 241 g/mol. The molecule has 0 aromatic carbocycles. The molecule has 0 amide bonds. The van der Waals surface area contributed by atoms with Crippen molar-refractivity contribution >= 4 is 11.6 Å². The summed E-state index contributed by atoms with van der Waals surface area (Å²) in [7, 11) is 0. The maximum atomic E-state index is 10.7. The molecule has 0 aliphatic carbocycles. The normalized spacial score (nSPS) is 10.5. The first-order chi connectivity index (χ1) is 8.13. The lowest BCUT2D eigenvalue weighted by atomic mass is 10.1. The number of carbonyl (C=O) groups excluding carboxylic acids is 2. The van der Waals surface area contributed by atoms with Crippen LogP contribution in [-0.2, 0) is 9.59 Å². The van der Waals surface area contributed by atoms with Crippen molar-refractivity contribution in [2.24, 2.45) is 0 Å². The van der Waals surface area contributed by atoms with Gasteiger partial charge in [0.05, 0.1) is 0 Å². The third-order valence-electron chi connectivity index (χ3n) is 2.76. The number of rotatable bonds is 12. The van der Waals surface area contributed by atoms with E-state index in [0.717, 1.165) is 64.5 Å². The largest absolute Gasteiger partial charge is 0.317 e. The van der Waals surface area contributed by atoms with Gasteiger partial charge in [-0.15, -0.1) is 0 Å². The van der Waals surface area contributed by atoms with Crippen LogP contribution in [0.5, 0.6) is 0 Å². The maximum Gasteiger partial charge on any atom is 0.129 e. The Morgan fingerprint density at radius 1 is 0.706 bits per heavy atom. The first-order valence-electron chi connectivity index (χ1n) is 6.82. The van der Waals surface area contributed by atoms with E-state index >= 15 is 0 Å². The third kappa shape index (κ3) is 15.3. The van der Waals surface area contributed by atoms with Gasteiger partial charge in [0.1, 0.15) is 11.6 Å². The summed E-state index contributed by atoms with van der Waals surface area (Å²) in [5.41, 5.74) is 0. The molecule has 0 aliphatic rings. The minimum absolute atomic E-state index is 0.295. The van der Waals surface area contributed by atoms with Gasteiger partial charge in [-0.2, -0.15) is 0 Å². The number of Topliss-reactive ketones (excluding diaryl/α,β-unsaturated/α-hetero) is 2. The minimum Gasteiger partial charge on any atom is -0.317 e. The average Bonchev–Trinajstić information content (AvgIpc) is 2.25. The van der Waals surface area contributed by atoms with Crippen LogP contribution in [0.15, 0.2) is 0 Å². The predicted molar refractivity (Wildman–Crippen MR) is 71.2 cm³/mol. The lowest BCUT2D eigenvalue weighted by Crippen LogP contribution is -2.16. The van der Waals surface area contributed by atoms with E-state index in [4.69, 9.17) is 0 Å². The van der Waals surface area contributed by atoms with Crippen LogP contribution in [0.1, 0.15) is 65.2 Å². The van der Waals surface area contributed by atoms with Gasteiger partial charge < -0.3 is 14.9 Å². The quantitative estimate of drug-likeness (QED) is 0.534. The van der Waals surface area contributed by atoms with Crippen molar-refractivity contribution in [1.82, 2.24) is 5.32 Å². The number of hydrogen-bond acceptors (Lipinski definition) is 3. The number of unbranched alkanes of at least 4 members (excludes halogenated alkanes) is 4. The summed E-state index contributed by atoms with van der Waals surface area (Å²) in [6.45, 7) is 5.40. The van der Waals surface area contributed by atoms with Crippen molar-refractivity contribution in [3.8, 4) is 0 Å². The highest BCUT2D eigenvalue weighted by molar-refractivity contribution is 5.75. The van der Waals surface area contributed by atoms with Gasteiger partial charge in [-0.05, 0) is 52.6 Å². The van der Waals surface area contributed by atoms with Crippen LogP contribution in [0, 0.1) is 0 Å². The highest BCUT2D eigenvalue weighted by Gasteiger charge is 1.95. The Labute approximate surface area is 105 Å². The molecular formula is C14H27NO2. The van der Waals surface area contributed by atoms with Gasteiger partial charge in [0.15, 0.2) is 0 Å². The number of hydrogen-bond donors (Lipinski definition) is 1. The average molecular weight is 241 g/mol. The molecule has 0 aromatic rings. The van der Waals surface area contributed by atoms with E-state index < -0.39 is 0 Å². The number of ketones is 2. The van der Waals surface area contributed by atoms with E-state index in [-0.39, 0.29) is 0 Å². The van der Waals surface area contributed by atoms with Crippen LogP contribution >= 0.6 is 0 Å². The van der Waals surface area contributed by atoms with E-state index in [9.17, 15) is 9.59 Å². The molecule has 0 heterocycles. The second-order valence-electron chi connectivity index (χ2n) is 4.78. The Bertz CT molecular complexity index is 192. The zero-order valence-electron chi connectivity index (χ0n) is 11.4. The summed E-state index contributed by atoms with van der Waals surface area (Å²) in [6, 6.07) is 0. The Hall–Kier alpha value is -0.700. The van der Waals surface area contributed by atoms with Crippen LogP contribution in [-0.4, -0.2) is 24.7 Å². The fourth-order valence-corrected chi connectivity index (χ4v) is 1.73. The first-order valence-corrected chi connectivity index (χ1v) is 6.82. The van der Waals surface area contributed by atoms with Crippen molar-refractivity contribution in [3.05, 3.63) is 0 Å². The van der Waals surface area contributed by atoms with Crippen LogP contribution in [0.3, 0.4) is 0 Å². The van der Waals surface area contributed by atoms with Gasteiger partial charge in [0, 0.05) is 12.8 Å². The van der Waals surface area contributed by atoms with Crippen LogP contribution in [0.25, 0.3) is 0 Å². The summed E-state index contributed by atoms with van der Waals surface area (Å²) in [4.78, 5) is 21.4. The van der Waals surface area contributed by atoms with Gasteiger partial charge in [-0.1, -0.05) is 12.8 Å². The van der Waals surface area contributed by atoms with E-state index in [1.807, 2.05) is 0 Å². The molecule has 0 saturated heterocycles. The Morgan fingerprint density at radius 2 is 1.12 bits per heavy atom. The molecule has 0 bridgehead atoms. The summed E-state index contributed by atoms with van der Waals surface area (Å²) in [5.74, 6) is 0.590. The second kappa shape index (κ2) is 11.8. The molecule has 0 aromatic heterocycles. The van der Waals surface area contributed by atoms with Crippen molar-refractivity contribution in [2.45, 2.75) is 65.2 Å². The van der Waals surface area contributed by atoms with E-state index in [2.05, 4.69) is 5.32 Å². The molecule has 3 nitrogen and oxygen atoms in total. The lowest BCUT2D eigenvalue weighted by Gasteiger charge is -2.04. The van der Waals surface area contributed by atoms with Crippen LogP contribution in [0.2, 0.25) is 0 Å². The number of nitrogens with one attached hydrogen (secondary N) is 1. The predicted octanol–water partition coefficient (Wildman–Crippen LogP) is 2.87. The Morgan fingerprint density at radius 3 is 1.47 bits per heavy atom. The Kier molecular flexibility index (Phi) is 11.3. The molecule has 0 fully saturated rings. The summed E-state index contributed by atoms with van der Waals surface area (Å²) in [5, 5.41) is 3.39. The van der Waals surface area contributed by atoms with Gasteiger partial charge in [0.25, 0.3) is 0 Å². The molecule has 0 atom stereocenters. The van der Waals surface area contributed by atoms with Crippen molar-refractivity contribution in [2.75, 3.05) is 13.1 Å². The third-order valence-corrected chi connectivity index (χ3v) is 2.76. The highest BCUT2D eigenvalue weighted by Crippen LogP contribution is 2.01. The standard InChI is InChI=1S/C14H27NO2/c1-13(16)9-5-3-7-11-15-12-8-4-6-10-14(2)17/h15H,3-12H2,1-2H3. The lowest BCUT2D eigenvalue weighted by molar-refractivity contribution is -0.117. The van der Waals surface area contributed by atoms with Crippen molar-refractivity contribution in [3.63, 3.8) is 0 Å². The fourth-order valence-electron chi connectivity index (χ4n) is 1.73. The number of carbonyl (C=O) groups is 2. The van der Waals surface area contributed by atoms with Crippen molar-refractivity contribution in [1.29, 1.82) is 0 Å². The molecule has 100 valence electrons. The van der Waals surface area contributed by atoms with E-state index in [1.165, 1.54) is 0 Å². The molecular weight excluding hydrogens is 214 g/mol. The summed E-state index contributed by atoms with van der Waals surface area (Å²) >= 11 is 0. The highest BCUT2D eigenvalue weighted by atomic mass is 16.1. The van der Waals surface area contributed by atoms with Gasteiger partial charge in [-0.25, -0.2) is 0 Å². The van der Waals surface area contributed by atoms with Gasteiger partial charge >= 0.3 is 0 Å². The summed E-state index contributed by atoms with van der Waals surface area (Å²) in [6.07, 6.45) is 8.08. The van der Waals surface area contributed by atoms with E-state index in [1.54, 1.807) is 13.8 Å². The SMILES string of the molecule is CC(=O)CCCCCNCCCCCC(C)=O. The smallest absolute Gasteiger partial charge is 0.129 e. The molecule has 17 heavy (non-hydrogen) atoms. The zero-order chi connectivity index (χ0) is 12.9. The molecule has 0 spiro atoms. The minimum atomic E-state index is 0.295. The second-order valence-corrected chi connectivity index (χ2v) is 4.78. The molecule has 0 unspecified atom stereocenters. The van der Waals surface area contributed by atoms with Crippen molar-refractivity contribution < 1.29 is 9.59 Å². The topological polar surface area (TPSA) is 46.2 Å². The van der Waals surface area contributed by atoms with Gasteiger partial charge in [0.2, 0.25) is 0 Å². The molecule has 0 rings (SSSR count). The van der Waals surface area contributed by atoms with Crippen LogP contribution in [0.4, 0.5) is 0 Å². The maximum absolute atomic E-state index is 10.7.